The van der Waals surface area contributed by atoms with Crippen LogP contribution >= 0.6 is 15.9 Å². The fourth-order valence-electron chi connectivity index (χ4n) is 2.81. The van der Waals surface area contributed by atoms with E-state index in [1.54, 1.807) is 0 Å². The average Bonchev–Trinajstić information content (AvgIpc) is 2.42. The molecule has 1 aromatic carbocycles. The predicted molar refractivity (Wildman–Crippen MR) is 83.0 cm³/mol. The van der Waals surface area contributed by atoms with E-state index < -0.39 is 0 Å². The van der Waals surface area contributed by atoms with Gasteiger partial charge >= 0.3 is 0 Å². The Morgan fingerprint density at radius 1 is 1.37 bits per heavy atom. The van der Waals surface area contributed by atoms with Crippen LogP contribution in [0, 0.1) is 13.8 Å². The van der Waals surface area contributed by atoms with Crippen molar-refractivity contribution in [2.75, 3.05) is 11.9 Å². The van der Waals surface area contributed by atoms with E-state index in [1.165, 1.54) is 6.42 Å². The molecule has 3 heteroatoms. The molecular weight excluding hydrogens is 302 g/mol. The average molecular weight is 324 g/mol. The maximum Gasteiger partial charge on any atom is 0.254 e. The molecule has 1 saturated heterocycles. The molecule has 0 saturated carbocycles. The molecule has 1 aliphatic rings. The number of carbonyl (C=O) groups excluding carboxylic acids is 1. The molecule has 0 radical (unpaired) electrons. The topological polar surface area (TPSA) is 20.3 Å². The van der Waals surface area contributed by atoms with Gasteiger partial charge in [-0.2, -0.15) is 0 Å². The van der Waals surface area contributed by atoms with E-state index in [0.717, 1.165) is 47.8 Å². The highest BCUT2D eigenvalue weighted by atomic mass is 79.9. The van der Waals surface area contributed by atoms with Gasteiger partial charge in [0.2, 0.25) is 0 Å². The van der Waals surface area contributed by atoms with Gasteiger partial charge < -0.3 is 4.90 Å². The lowest BCUT2D eigenvalue weighted by molar-refractivity contribution is 0.0609. The van der Waals surface area contributed by atoms with E-state index in [9.17, 15) is 4.79 Å². The summed E-state index contributed by atoms with van der Waals surface area (Å²) in [6.07, 6.45) is 4.57. The van der Waals surface area contributed by atoms with Crippen molar-refractivity contribution in [1.29, 1.82) is 0 Å². The van der Waals surface area contributed by atoms with Crippen molar-refractivity contribution in [3.05, 3.63) is 34.9 Å². The minimum absolute atomic E-state index is 0.215. The molecule has 0 spiro atoms. The number of nitrogens with zero attached hydrogens (tertiary/aromatic N) is 1. The highest BCUT2D eigenvalue weighted by Gasteiger charge is 2.27. The van der Waals surface area contributed by atoms with E-state index >= 15 is 0 Å². The fraction of sp³-hybridized carbons (Fsp3) is 0.562. The largest absolute Gasteiger partial charge is 0.336 e. The molecule has 104 valence electrons. The van der Waals surface area contributed by atoms with Gasteiger partial charge in [-0.25, -0.2) is 0 Å². The molecule has 19 heavy (non-hydrogen) atoms. The summed E-state index contributed by atoms with van der Waals surface area (Å²) < 4.78 is 0. The number of aryl methyl sites for hydroxylation is 2. The Balaban J connectivity index is 2.23. The Morgan fingerprint density at radius 3 is 2.89 bits per heavy atom. The fourth-order valence-corrected chi connectivity index (χ4v) is 3.34. The molecule has 0 aliphatic carbocycles. The Kier molecular flexibility index (Phi) is 5.03. The van der Waals surface area contributed by atoms with Crippen LogP contribution in [-0.4, -0.2) is 28.7 Å². The van der Waals surface area contributed by atoms with E-state index in [4.69, 9.17) is 0 Å². The molecule has 1 unspecified atom stereocenters. The van der Waals surface area contributed by atoms with Crippen molar-refractivity contribution in [2.24, 2.45) is 0 Å². The Bertz CT molecular complexity index is 456. The maximum atomic E-state index is 12.8. The van der Waals surface area contributed by atoms with Gasteiger partial charge in [-0.15, -0.1) is 0 Å². The van der Waals surface area contributed by atoms with E-state index in [-0.39, 0.29) is 5.91 Å². The van der Waals surface area contributed by atoms with E-state index in [2.05, 4.69) is 26.9 Å². The van der Waals surface area contributed by atoms with E-state index in [0.29, 0.717) is 6.04 Å². The first-order valence-electron chi connectivity index (χ1n) is 7.07. The lowest BCUT2D eigenvalue weighted by Crippen LogP contribution is -2.44. The minimum Gasteiger partial charge on any atom is -0.336 e. The highest BCUT2D eigenvalue weighted by Crippen LogP contribution is 2.24. The Labute approximate surface area is 124 Å². The third kappa shape index (κ3) is 3.38. The number of halogens is 1. The second kappa shape index (κ2) is 6.56. The summed E-state index contributed by atoms with van der Waals surface area (Å²) in [4.78, 5) is 14.9. The SMILES string of the molecule is Cc1ccc(C)c(C(=O)N2CCCCC2CCBr)c1. The number of piperidine rings is 1. The number of hydrogen-bond donors (Lipinski definition) is 0. The van der Waals surface area contributed by atoms with Crippen LogP contribution in [0.3, 0.4) is 0 Å². The highest BCUT2D eigenvalue weighted by molar-refractivity contribution is 9.09. The standard InChI is InChI=1S/C16H22BrNO/c1-12-6-7-13(2)15(11-12)16(19)18-10-4-3-5-14(18)8-9-17/h6-7,11,14H,3-5,8-10H2,1-2H3. The van der Waals surface area contributed by atoms with Crippen LogP contribution in [0.1, 0.15) is 47.2 Å². The molecule has 1 amide bonds. The monoisotopic (exact) mass is 323 g/mol. The summed E-state index contributed by atoms with van der Waals surface area (Å²) in [6, 6.07) is 6.54. The van der Waals surface area contributed by atoms with E-state index in [1.807, 2.05) is 26.0 Å². The molecule has 0 bridgehead atoms. The van der Waals surface area contributed by atoms with Crippen molar-refractivity contribution in [3.8, 4) is 0 Å². The van der Waals surface area contributed by atoms with Crippen LogP contribution in [0.5, 0.6) is 0 Å². The van der Waals surface area contributed by atoms with Gasteiger partial charge in [-0.05, 0) is 51.2 Å². The zero-order chi connectivity index (χ0) is 13.8. The minimum atomic E-state index is 0.215. The first-order chi connectivity index (χ1) is 9.13. The normalized spacial score (nSPS) is 19.5. The lowest BCUT2D eigenvalue weighted by Gasteiger charge is -2.36. The van der Waals surface area contributed by atoms with Crippen LogP contribution in [0.4, 0.5) is 0 Å². The molecule has 2 rings (SSSR count). The number of carbonyl (C=O) groups is 1. The number of alkyl halides is 1. The van der Waals surface area contributed by atoms with Crippen LogP contribution in [0.15, 0.2) is 18.2 Å². The summed E-state index contributed by atoms with van der Waals surface area (Å²) in [5.74, 6) is 0.215. The van der Waals surface area contributed by atoms with Gasteiger partial charge in [-0.1, -0.05) is 33.6 Å². The Hall–Kier alpha value is -0.830. The molecule has 2 nitrogen and oxygen atoms in total. The molecule has 1 aliphatic heterocycles. The van der Waals surface area contributed by atoms with Gasteiger partial charge in [0.25, 0.3) is 5.91 Å². The second-order valence-corrected chi connectivity index (χ2v) is 6.24. The quantitative estimate of drug-likeness (QED) is 0.767. The van der Waals surface area contributed by atoms with Gasteiger partial charge in [-0.3, -0.25) is 4.79 Å². The third-order valence-corrected chi connectivity index (χ3v) is 4.41. The summed E-state index contributed by atoms with van der Waals surface area (Å²) in [5.41, 5.74) is 3.11. The summed E-state index contributed by atoms with van der Waals surface area (Å²) in [7, 11) is 0. The van der Waals surface area contributed by atoms with Crippen LogP contribution in [0.2, 0.25) is 0 Å². The maximum absolute atomic E-state index is 12.8. The van der Waals surface area contributed by atoms with Gasteiger partial charge in [0.15, 0.2) is 0 Å². The molecule has 1 fully saturated rings. The second-order valence-electron chi connectivity index (χ2n) is 5.44. The van der Waals surface area contributed by atoms with Crippen molar-refractivity contribution in [3.63, 3.8) is 0 Å². The third-order valence-electron chi connectivity index (χ3n) is 3.95. The number of hydrogen-bond acceptors (Lipinski definition) is 1. The molecule has 0 aromatic heterocycles. The van der Waals surface area contributed by atoms with Crippen molar-refractivity contribution in [1.82, 2.24) is 4.90 Å². The molecule has 0 N–H and O–H groups in total. The van der Waals surface area contributed by atoms with Crippen molar-refractivity contribution in [2.45, 2.75) is 45.6 Å². The summed E-state index contributed by atoms with van der Waals surface area (Å²) in [6.45, 7) is 4.97. The first-order valence-corrected chi connectivity index (χ1v) is 8.20. The molecule has 1 heterocycles. The molecule has 1 atom stereocenters. The first kappa shape index (κ1) is 14.6. The summed E-state index contributed by atoms with van der Waals surface area (Å²) in [5, 5.41) is 0.967. The van der Waals surface area contributed by atoms with Gasteiger partial charge in [0.05, 0.1) is 0 Å². The van der Waals surface area contributed by atoms with Gasteiger partial charge in [0, 0.05) is 23.5 Å². The predicted octanol–water partition coefficient (Wildman–Crippen LogP) is 4.08. The van der Waals surface area contributed by atoms with Gasteiger partial charge in [0.1, 0.15) is 0 Å². The van der Waals surface area contributed by atoms with Crippen LogP contribution in [-0.2, 0) is 0 Å². The Morgan fingerprint density at radius 2 is 2.16 bits per heavy atom. The van der Waals surface area contributed by atoms with Crippen molar-refractivity contribution < 1.29 is 4.79 Å². The zero-order valence-corrected chi connectivity index (χ0v) is 13.4. The lowest BCUT2D eigenvalue weighted by atomic mass is 9.97. The van der Waals surface area contributed by atoms with Crippen LogP contribution in [0.25, 0.3) is 0 Å². The molecular formula is C16H22BrNO. The summed E-state index contributed by atoms with van der Waals surface area (Å²) >= 11 is 3.51. The number of amides is 1. The number of rotatable bonds is 3. The zero-order valence-electron chi connectivity index (χ0n) is 11.8. The van der Waals surface area contributed by atoms with Crippen molar-refractivity contribution >= 4 is 21.8 Å². The number of benzene rings is 1. The smallest absolute Gasteiger partial charge is 0.254 e. The van der Waals surface area contributed by atoms with Crippen LogP contribution < -0.4 is 0 Å². The number of likely N-dealkylation sites (tertiary alicyclic amines) is 1. The molecule has 1 aromatic rings.